The van der Waals surface area contributed by atoms with Crippen LogP contribution in [0.4, 0.5) is 4.39 Å². The molecule has 174 valence electrons. The zero-order valence-electron chi connectivity index (χ0n) is 19.1. The molecule has 6 atom stereocenters. The van der Waals surface area contributed by atoms with Crippen molar-refractivity contribution < 1.29 is 4.39 Å². The molecule has 0 unspecified atom stereocenters. The Kier molecular flexibility index (Phi) is 4.11. The Bertz CT molecular complexity index is 1500. The van der Waals surface area contributed by atoms with Crippen LogP contribution in [0.1, 0.15) is 60.5 Å². The van der Waals surface area contributed by atoms with E-state index in [-0.39, 0.29) is 11.9 Å². The molecule has 4 heterocycles. The SMILES string of the molecule is Fc1cc(C#Cc2ccc(-c3cnc([C@@H]4C[C@H]5C[C@H]5N4)[nH]3)cc2)cc2[nH]c([C@@H]3C[C@H]4C[C@H]4N3)nc12. The zero-order chi connectivity index (χ0) is 23.1. The van der Waals surface area contributed by atoms with Crippen molar-refractivity contribution in [2.24, 2.45) is 11.8 Å². The van der Waals surface area contributed by atoms with E-state index in [9.17, 15) is 4.39 Å². The standard InChI is InChI=1S/C28H25FN6/c29-19-7-15(8-22-26(19)35-28(33-22)24-12-18-10-21(18)32-24)2-1-14-3-5-16(6-4-14)25-13-30-27(34-25)23-11-17-9-20(17)31-23/h3-8,13,17-18,20-21,23-24,31-32H,9-12H2,(H,30,34)(H,33,35)/t17-,18-,20-,21-,23+,24+/m1/s1. The molecule has 2 aliphatic heterocycles. The highest BCUT2D eigenvalue weighted by atomic mass is 19.1. The third-order valence-electron chi connectivity index (χ3n) is 8.11. The number of H-pyrrole nitrogens is 2. The minimum absolute atomic E-state index is 0.199. The second-order valence-corrected chi connectivity index (χ2v) is 10.6. The molecule has 4 aliphatic rings. The van der Waals surface area contributed by atoms with Crippen molar-refractivity contribution >= 4 is 11.0 Å². The lowest BCUT2D eigenvalue weighted by Crippen LogP contribution is -2.18. The molecule has 8 rings (SSSR count). The van der Waals surface area contributed by atoms with Gasteiger partial charge < -0.3 is 20.6 Å². The number of aromatic nitrogens is 4. The van der Waals surface area contributed by atoms with Crippen molar-refractivity contribution in [3.63, 3.8) is 0 Å². The van der Waals surface area contributed by atoms with E-state index in [0.29, 0.717) is 34.7 Å². The summed E-state index contributed by atoms with van der Waals surface area (Å²) < 4.78 is 14.8. The van der Waals surface area contributed by atoms with Gasteiger partial charge in [-0.3, -0.25) is 0 Å². The van der Waals surface area contributed by atoms with Crippen molar-refractivity contribution in [3.8, 4) is 23.1 Å². The molecule has 7 heteroatoms. The summed E-state index contributed by atoms with van der Waals surface area (Å²) in [4.78, 5) is 15.9. The third-order valence-corrected chi connectivity index (χ3v) is 8.11. The van der Waals surface area contributed by atoms with Crippen LogP contribution in [0.25, 0.3) is 22.3 Å². The van der Waals surface area contributed by atoms with E-state index in [1.54, 1.807) is 0 Å². The normalized spacial score (nSPS) is 30.1. The molecular weight excluding hydrogens is 439 g/mol. The molecule has 0 amide bonds. The minimum atomic E-state index is -0.336. The fourth-order valence-corrected chi connectivity index (χ4v) is 5.93. The first-order valence-electron chi connectivity index (χ1n) is 12.5. The molecule has 4 aromatic rings. The lowest BCUT2D eigenvalue weighted by molar-refractivity contribution is 0.543. The Morgan fingerprint density at radius 1 is 0.800 bits per heavy atom. The maximum Gasteiger partial charge on any atom is 0.152 e. The summed E-state index contributed by atoms with van der Waals surface area (Å²) in [7, 11) is 0. The van der Waals surface area contributed by atoms with Gasteiger partial charge in [-0.25, -0.2) is 14.4 Å². The van der Waals surface area contributed by atoms with Crippen LogP contribution in [0.2, 0.25) is 0 Å². The number of aromatic amines is 2. The van der Waals surface area contributed by atoms with Crippen LogP contribution in [0.15, 0.2) is 42.6 Å². The maximum atomic E-state index is 14.8. The number of rotatable bonds is 3. The van der Waals surface area contributed by atoms with Crippen molar-refractivity contribution in [2.45, 2.75) is 49.9 Å². The van der Waals surface area contributed by atoms with Gasteiger partial charge in [0.25, 0.3) is 0 Å². The van der Waals surface area contributed by atoms with Gasteiger partial charge in [-0.1, -0.05) is 24.0 Å². The Labute approximate surface area is 202 Å². The number of hydrogen-bond acceptors (Lipinski definition) is 4. The summed E-state index contributed by atoms with van der Waals surface area (Å²) >= 11 is 0. The summed E-state index contributed by atoms with van der Waals surface area (Å²) in [6.07, 6.45) is 6.73. The molecule has 2 saturated heterocycles. The van der Waals surface area contributed by atoms with Gasteiger partial charge in [0.05, 0.1) is 29.5 Å². The molecule has 35 heavy (non-hydrogen) atoms. The number of piperidine rings is 2. The van der Waals surface area contributed by atoms with E-state index in [1.807, 2.05) is 36.5 Å². The van der Waals surface area contributed by atoms with Crippen LogP contribution in [0.5, 0.6) is 0 Å². The Morgan fingerprint density at radius 3 is 2.23 bits per heavy atom. The Balaban J connectivity index is 1.00. The predicted octanol–water partition coefficient (Wildman–Crippen LogP) is 4.34. The number of nitrogens with one attached hydrogen (secondary N) is 4. The highest BCUT2D eigenvalue weighted by Crippen LogP contribution is 2.46. The summed E-state index contributed by atoms with van der Waals surface area (Å²) in [6.45, 7) is 0. The van der Waals surface area contributed by atoms with Crippen LogP contribution in [-0.2, 0) is 0 Å². The monoisotopic (exact) mass is 464 g/mol. The summed E-state index contributed by atoms with van der Waals surface area (Å²) in [5, 5.41) is 7.20. The second kappa shape index (κ2) is 7.27. The highest BCUT2D eigenvalue weighted by Gasteiger charge is 2.47. The van der Waals surface area contributed by atoms with Crippen molar-refractivity contribution in [1.29, 1.82) is 0 Å². The van der Waals surface area contributed by atoms with E-state index in [2.05, 4.69) is 42.4 Å². The molecule has 2 saturated carbocycles. The third kappa shape index (κ3) is 3.48. The van der Waals surface area contributed by atoms with Gasteiger partial charge in [0, 0.05) is 23.2 Å². The summed E-state index contributed by atoms with van der Waals surface area (Å²) in [6, 6.07) is 13.3. The van der Waals surface area contributed by atoms with E-state index in [0.717, 1.165) is 46.7 Å². The average Bonchev–Trinajstić information content (AvgIpc) is 3.45. The lowest BCUT2D eigenvalue weighted by atomic mass is 10.1. The summed E-state index contributed by atoms with van der Waals surface area (Å²) in [5.74, 6) is 9.39. The van der Waals surface area contributed by atoms with Crippen LogP contribution >= 0.6 is 0 Å². The fraction of sp³-hybridized carbons (Fsp3) is 0.357. The van der Waals surface area contributed by atoms with Gasteiger partial charge in [0.1, 0.15) is 17.2 Å². The van der Waals surface area contributed by atoms with Crippen LogP contribution < -0.4 is 10.6 Å². The molecule has 4 N–H and O–H groups in total. The highest BCUT2D eigenvalue weighted by molar-refractivity contribution is 5.78. The minimum Gasteiger partial charge on any atom is -0.341 e. The molecule has 4 fully saturated rings. The quantitative estimate of drug-likeness (QED) is 0.340. The van der Waals surface area contributed by atoms with Gasteiger partial charge in [0.15, 0.2) is 5.82 Å². The van der Waals surface area contributed by atoms with E-state index >= 15 is 0 Å². The Morgan fingerprint density at radius 2 is 1.51 bits per heavy atom. The molecule has 0 spiro atoms. The van der Waals surface area contributed by atoms with Crippen LogP contribution in [-0.4, -0.2) is 32.0 Å². The van der Waals surface area contributed by atoms with Gasteiger partial charge in [0.2, 0.25) is 0 Å². The first-order valence-corrected chi connectivity index (χ1v) is 12.5. The number of benzene rings is 2. The Hall–Kier alpha value is -3.47. The molecule has 0 radical (unpaired) electrons. The molecule has 2 aliphatic carbocycles. The van der Waals surface area contributed by atoms with Gasteiger partial charge in [-0.05, 0) is 67.3 Å². The summed E-state index contributed by atoms with van der Waals surface area (Å²) in [5.41, 5.74) is 4.70. The first-order chi connectivity index (χ1) is 17.2. The van der Waals surface area contributed by atoms with Gasteiger partial charge in [-0.15, -0.1) is 0 Å². The van der Waals surface area contributed by atoms with E-state index in [1.165, 1.54) is 25.3 Å². The number of imidazole rings is 2. The lowest BCUT2D eigenvalue weighted by Gasteiger charge is -2.09. The zero-order valence-corrected chi connectivity index (χ0v) is 19.1. The number of halogens is 1. The first kappa shape index (κ1) is 19.8. The van der Waals surface area contributed by atoms with Gasteiger partial charge >= 0.3 is 0 Å². The molecule has 0 bridgehead atoms. The van der Waals surface area contributed by atoms with E-state index in [4.69, 9.17) is 0 Å². The smallest absolute Gasteiger partial charge is 0.152 e. The number of nitrogens with zero attached hydrogens (tertiary/aromatic N) is 2. The fourth-order valence-electron chi connectivity index (χ4n) is 5.93. The van der Waals surface area contributed by atoms with E-state index < -0.39 is 0 Å². The molecule has 2 aromatic carbocycles. The molecule has 2 aromatic heterocycles. The van der Waals surface area contributed by atoms with Crippen molar-refractivity contribution in [1.82, 2.24) is 30.6 Å². The molecular formula is C28H25FN6. The van der Waals surface area contributed by atoms with Crippen molar-refractivity contribution in [2.75, 3.05) is 0 Å². The second-order valence-electron chi connectivity index (χ2n) is 10.6. The van der Waals surface area contributed by atoms with Gasteiger partial charge in [-0.2, -0.15) is 0 Å². The maximum absolute atomic E-state index is 14.8. The number of fused-ring (bicyclic) bond motifs is 3. The molecule has 6 nitrogen and oxygen atoms in total. The predicted molar refractivity (Wildman–Crippen MR) is 131 cm³/mol. The van der Waals surface area contributed by atoms with Crippen LogP contribution in [0.3, 0.4) is 0 Å². The van der Waals surface area contributed by atoms with Crippen LogP contribution in [0, 0.1) is 29.5 Å². The average molecular weight is 465 g/mol. The number of hydrogen-bond donors (Lipinski definition) is 4. The van der Waals surface area contributed by atoms with Crippen molar-refractivity contribution in [3.05, 3.63) is 71.2 Å². The largest absolute Gasteiger partial charge is 0.341 e. The topological polar surface area (TPSA) is 81.4 Å².